The lowest BCUT2D eigenvalue weighted by molar-refractivity contribution is 0.0414. The Hall–Kier alpha value is -1.36. The lowest BCUT2D eigenvalue weighted by atomic mass is 9.92. The summed E-state index contributed by atoms with van der Waals surface area (Å²) in [7, 11) is 0. The maximum atomic E-state index is 12.2. The minimum atomic E-state index is -0.207. The Bertz CT molecular complexity index is 433. The smallest absolute Gasteiger partial charge is 0.289 e. The van der Waals surface area contributed by atoms with Crippen LogP contribution in [0.2, 0.25) is 0 Å². The molecule has 0 aliphatic carbocycles. The number of aryl methyl sites for hydroxylation is 2. The monoisotopic (exact) mass is 252 g/mol. The molecule has 1 aromatic heterocycles. The second-order valence-corrected chi connectivity index (χ2v) is 5.00. The molecule has 1 saturated heterocycles. The van der Waals surface area contributed by atoms with E-state index in [0.717, 1.165) is 12.8 Å². The van der Waals surface area contributed by atoms with Gasteiger partial charge in [-0.2, -0.15) is 0 Å². The quantitative estimate of drug-likeness (QED) is 0.891. The summed E-state index contributed by atoms with van der Waals surface area (Å²) in [6.07, 6.45) is 2.35. The molecule has 0 atom stereocenters. The van der Waals surface area contributed by atoms with Crippen LogP contribution in [0.3, 0.4) is 0 Å². The van der Waals surface area contributed by atoms with Crippen LogP contribution in [0.15, 0.2) is 4.42 Å². The molecule has 1 aliphatic heterocycles. The zero-order valence-corrected chi connectivity index (χ0v) is 11.2. The molecule has 1 amide bonds. The van der Waals surface area contributed by atoms with E-state index in [-0.39, 0.29) is 11.4 Å². The highest BCUT2D eigenvalue weighted by Crippen LogP contribution is 2.21. The van der Waals surface area contributed by atoms with Crippen molar-refractivity contribution in [3.8, 4) is 0 Å². The summed E-state index contributed by atoms with van der Waals surface area (Å²) in [6.45, 7) is 7.16. The van der Waals surface area contributed by atoms with Gasteiger partial charge in [0.15, 0.2) is 5.89 Å². The fourth-order valence-electron chi connectivity index (χ4n) is 2.09. The van der Waals surface area contributed by atoms with Crippen LogP contribution in [0, 0.1) is 6.92 Å². The Morgan fingerprint density at radius 1 is 1.44 bits per heavy atom. The van der Waals surface area contributed by atoms with Gasteiger partial charge in [-0.1, -0.05) is 6.92 Å². The second kappa shape index (κ2) is 5.10. The lowest BCUT2D eigenvalue weighted by Crippen LogP contribution is -2.49. The van der Waals surface area contributed by atoms with Crippen LogP contribution in [-0.2, 0) is 11.2 Å². The van der Waals surface area contributed by atoms with Crippen molar-refractivity contribution in [1.29, 1.82) is 0 Å². The first-order valence-corrected chi connectivity index (χ1v) is 6.40. The Morgan fingerprint density at radius 2 is 2.11 bits per heavy atom. The summed E-state index contributed by atoms with van der Waals surface area (Å²) >= 11 is 0. The third-order valence-electron chi connectivity index (χ3n) is 3.36. The van der Waals surface area contributed by atoms with Gasteiger partial charge in [0, 0.05) is 25.2 Å². The molecular formula is C13H20N2O3. The number of carbonyl (C=O) groups excluding carboxylic acids is 1. The third kappa shape index (κ3) is 2.72. The molecule has 100 valence electrons. The zero-order chi connectivity index (χ0) is 13.2. The number of hydrogen-bond donors (Lipinski definition) is 1. The lowest BCUT2D eigenvalue weighted by Gasteiger charge is -2.34. The molecule has 0 spiro atoms. The van der Waals surface area contributed by atoms with E-state index in [4.69, 9.17) is 9.15 Å². The molecule has 0 bridgehead atoms. The molecule has 0 aromatic carbocycles. The van der Waals surface area contributed by atoms with Crippen molar-refractivity contribution in [2.75, 3.05) is 13.2 Å². The average Bonchev–Trinajstić information content (AvgIpc) is 2.71. The van der Waals surface area contributed by atoms with Gasteiger partial charge in [0.1, 0.15) is 0 Å². The van der Waals surface area contributed by atoms with E-state index in [1.165, 1.54) is 0 Å². The molecule has 18 heavy (non-hydrogen) atoms. The van der Waals surface area contributed by atoms with Crippen LogP contribution in [0.1, 0.15) is 48.8 Å². The van der Waals surface area contributed by atoms with Gasteiger partial charge in [0.05, 0.1) is 5.69 Å². The largest absolute Gasteiger partial charge is 0.435 e. The molecule has 1 N–H and O–H groups in total. The summed E-state index contributed by atoms with van der Waals surface area (Å²) in [5.41, 5.74) is 0.445. The normalized spacial score (nSPS) is 18.6. The number of aromatic nitrogens is 1. The van der Waals surface area contributed by atoms with Gasteiger partial charge in [0.2, 0.25) is 5.76 Å². The van der Waals surface area contributed by atoms with E-state index in [2.05, 4.69) is 10.3 Å². The molecule has 2 rings (SSSR count). The van der Waals surface area contributed by atoms with Crippen molar-refractivity contribution in [1.82, 2.24) is 10.3 Å². The van der Waals surface area contributed by atoms with Crippen LogP contribution in [-0.4, -0.2) is 29.6 Å². The van der Waals surface area contributed by atoms with E-state index < -0.39 is 0 Å². The van der Waals surface area contributed by atoms with Gasteiger partial charge in [-0.15, -0.1) is 0 Å². The fraction of sp³-hybridized carbons (Fsp3) is 0.692. The SMILES string of the molecule is CCc1nc(C)c(C(=O)NC2(C)CCOCC2)o1. The van der Waals surface area contributed by atoms with Crippen molar-refractivity contribution in [2.24, 2.45) is 0 Å². The minimum Gasteiger partial charge on any atom is -0.435 e. The van der Waals surface area contributed by atoms with Gasteiger partial charge >= 0.3 is 0 Å². The maximum absolute atomic E-state index is 12.2. The van der Waals surface area contributed by atoms with Gasteiger partial charge in [-0.3, -0.25) is 4.79 Å². The zero-order valence-electron chi connectivity index (χ0n) is 11.2. The van der Waals surface area contributed by atoms with Crippen LogP contribution < -0.4 is 5.32 Å². The molecule has 1 aromatic rings. The molecule has 0 unspecified atom stereocenters. The number of hydrogen-bond acceptors (Lipinski definition) is 4. The van der Waals surface area contributed by atoms with Crippen molar-refractivity contribution in [2.45, 2.75) is 45.6 Å². The number of carbonyl (C=O) groups is 1. The summed E-state index contributed by atoms with van der Waals surface area (Å²) in [4.78, 5) is 16.4. The first kappa shape index (κ1) is 13.1. The van der Waals surface area contributed by atoms with E-state index in [1.54, 1.807) is 6.92 Å². The van der Waals surface area contributed by atoms with Crippen LogP contribution >= 0.6 is 0 Å². The van der Waals surface area contributed by atoms with E-state index in [1.807, 2.05) is 13.8 Å². The summed E-state index contributed by atoms with van der Waals surface area (Å²) in [5, 5.41) is 3.04. The number of amides is 1. The molecule has 2 heterocycles. The highest BCUT2D eigenvalue weighted by molar-refractivity contribution is 5.92. The van der Waals surface area contributed by atoms with Gasteiger partial charge in [-0.05, 0) is 26.7 Å². The Kier molecular flexibility index (Phi) is 3.71. The second-order valence-electron chi connectivity index (χ2n) is 5.00. The van der Waals surface area contributed by atoms with E-state index in [0.29, 0.717) is 37.0 Å². The minimum absolute atomic E-state index is 0.177. The van der Waals surface area contributed by atoms with Crippen LogP contribution in [0.4, 0.5) is 0 Å². The predicted octanol–water partition coefficient (Wildman–Crippen LogP) is 1.84. The Morgan fingerprint density at radius 3 is 2.67 bits per heavy atom. The predicted molar refractivity (Wildman–Crippen MR) is 66.5 cm³/mol. The topological polar surface area (TPSA) is 64.4 Å². The van der Waals surface area contributed by atoms with Gasteiger partial charge in [-0.25, -0.2) is 4.98 Å². The molecule has 1 fully saturated rings. The van der Waals surface area contributed by atoms with Crippen LogP contribution in [0.5, 0.6) is 0 Å². The third-order valence-corrected chi connectivity index (χ3v) is 3.36. The van der Waals surface area contributed by atoms with Crippen LogP contribution in [0.25, 0.3) is 0 Å². The Labute approximate surface area is 107 Å². The molecule has 0 radical (unpaired) electrons. The number of ether oxygens (including phenoxy) is 1. The summed E-state index contributed by atoms with van der Waals surface area (Å²) in [6, 6.07) is 0. The fourth-order valence-corrected chi connectivity index (χ4v) is 2.09. The van der Waals surface area contributed by atoms with Crippen molar-refractivity contribution in [3.05, 3.63) is 17.3 Å². The van der Waals surface area contributed by atoms with Crippen molar-refractivity contribution >= 4 is 5.91 Å². The van der Waals surface area contributed by atoms with E-state index in [9.17, 15) is 4.79 Å². The number of nitrogens with one attached hydrogen (secondary N) is 1. The Balaban J connectivity index is 2.08. The number of rotatable bonds is 3. The number of oxazole rings is 1. The van der Waals surface area contributed by atoms with E-state index >= 15 is 0 Å². The highest BCUT2D eigenvalue weighted by Gasteiger charge is 2.31. The van der Waals surface area contributed by atoms with Crippen molar-refractivity contribution < 1.29 is 13.9 Å². The molecule has 1 aliphatic rings. The molecule has 0 saturated carbocycles. The first-order valence-electron chi connectivity index (χ1n) is 6.40. The molecular weight excluding hydrogens is 232 g/mol. The summed E-state index contributed by atoms with van der Waals surface area (Å²) < 4.78 is 10.8. The summed E-state index contributed by atoms with van der Waals surface area (Å²) in [5.74, 6) is 0.762. The maximum Gasteiger partial charge on any atom is 0.289 e. The standard InChI is InChI=1S/C13H20N2O3/c1-4-10-14-9(2)11(18-10)12(16)15-13(3)5-7-17-8-6-13/h4-8H2,1-3H3,(H,15,16). The molecule has 5 nitrogen and oxygen atoms in total. The van der Waals surface area contributed by atoms with Gasteiger partial charge in [0.25, 0.3) is 5.91 Å². The average molecular weight is 252 g/mol. The van der Waals surface area contributed by atoms with Gasteiger partial charge < -0.3 is 14.5 Å². The molecule has 5 heteroatoms. The number of nitrogens with zero attached hydrogens (tertiary/aromatic N) is 1. The first-order chi connectivity index (χ1) is 8.54. The van der Waals surface area contributed by atoms with Crippen molar-refractivity contribution in [3.63, 3.8) is 0 Å². The highest BCUT2D eigenvalue weighted by atomic mass is 16.5.